The Labute approximate surface area is 237 Å². The summed E-state index contributed by atoms with van der Waals surface area (Å²) in [5.41, 5.74) is 13.9. The molecule has 13 heteroatoms. The van der Waals surface area contributed by atoms with Gasteiger partial charge in [0, 0.05) is 40.5 Å². The van der Waals surface area contributed by atoms with Gasteiger partial charge in [-0.3, -0.25) is 0 Å². The molecule has 6 heterocycles. The molecule has 41 heavy (non-hydrogen) atoms. The fraction of sp³-hybridized carbons (Fsp3) is 0.250. The largest absolute Gasteiger partial charge is 0.470 e. The fourth-order valence-corrected chi connectivity index (χ4v) is 6.81. The Morgan fingerprint density at radius 2 is 2.05 bits per heavy atom. The van der Waals surface area contributed by atoms with Crippen molar-refractivity contribution in [3.05, 3.63) is 53.5 Å². The third kappa shape index (κ3) is 3.71. The second kappa shape index (κ2) is 9.39. The van der Waals surface area contributed by atoms with Gasteiger partial charge in [-0.25, -0.2) is 14.4 Å². The van der Waals surface area contributed by atoms with Crippen LogP contribution in [0.15, 0.2) is 36.5 Å². The molecule has 5 N–H and O–H groups in total. The number of nitriles is 1. The molecule has 4 aromatic heterocycles. The summed E-state index contributed by atoms with van der Waals surface area (Å²) in [6.45, 7) is 3.13. The molecule has 5 aromatic rings. The van der Waals surface area contributed by atoms with Gasteiger partial charge in [-0.1, -0.05) is 18.2 Å². The molecule has 11 nitrogen and oxygen atoms in total. The van der Waals surface area contributed by atoms with E-state index in [1.54, 1.807) is 18.3 Å². The molecule has 0 aliphatic carbocycles. The third-order valence-corrected chi connectivity index (χ3v) is 8.72. The number of halogens is 1. The van der Waals surface area contributed by atoms with Gasteiger partial charge in [0.2, 0.25) is 5.88 Å². The molecule has 1 fully saturated rings. The highest BCUT2D eigenvalue weighted by molar-refractivity contribution is 7.23. The van der Waals surface area contributed by atoms with Crippen molar-refractivity contribution in [2.24, 2.45) is 0 Å². The highest BCUT2D eigenvalue weighted by Crippen LogP contribution is 2.46. The van der Waals surface area contributed by atoms with Crippen molar-refractivity contribution in [2.75, 3.05) is 36.6 Å². The molecule has 3 unspecified atom stereocenters. The third-order valence-electron chi connectivity index (χ3n) is 7.74. The number of fused-ring (bicyclic) bond motifs is 2. The van der Waals surface area contributed by atoms with Crippen LogP contribution in [0, 0.1) is 17.1 Å². The van der Waals surface area contributed by atoms with Crippen LogP contribution in [-0.4, -0.2) is 52.3 Å². The zero-order valence-electron chi connectivity index (χ0n) is 22.1. The number of nitrogens with zero attached hydrogens (tertiary/aromatic N) is 6. The van der Waals surface area contributed by atoms with Gasteiger partial charge in [0.15, 0.2) is 5.82 Å². The molecular weight excluding hydrogens is 545 g/mol. The van der Waals surface area contributed by atoms with Gasteiger partial charge in [0.25, 0.3) is 0 Å². The number of nitrogens with one attached hydrogen (secondary N) is 1. The second-order valence-corrected chi connectivity index (χ2v) is 11.0. The van der Waals surface area contributed by atoms with Gasteiger partial charge >= 0.3 is 6.01 Å². The summed E-state index contributed by atoms with van der Waals surface area (Å²) in [5.74, 6) is 0.318. The normalized spacial score (nSPS) is 18.5. The number of nitrogens with two attached hydrogens (primary N) is 2. The van der Waals surface area contributed by atoms with Gasteiger partial charge in [-0.05, 0) is 19.1 Å². The molecule has 1 saturated heterocycles. The van der Waals surface area contributed by atoms with E-state index in [-0.39, 0.29) is 46.9 Å². The number of ether oxygens (including phenoxy) is 2. The van der Waals surface area contributed by atoms with Gasteiger partial charge in [-0.2, -0.15) is 15.2 Å². The SMILES string of the molecule is COc1nc2c3c(nc(-c4cccc5sc(N)c(C#N)c45)c(F)c3n1)OC1CNCC1N2C(C)c1cccnc1N. The number of aromatic nitrogens is 4. The van der Waals surface area contributed by atoms with Crippen molar-refractivity contribution in [2.45, 2.75) is 25.1 Å². The number of hydrogen-bond acceptors (Lipinski definition) is 12. The molecule has 2 aliphatic rings. The van der Waals surface area contributed by atoms with Gasteiger partial charge in [0.1, 0.15) is 45.4 Å². The molecule has 7 rings (SSSR count). The van der Waals surface area contributed by atoms with E-state index in [0.717, 1.165) is 10.3 Å². The van der Waals surface area contributed by atoms with Crippen molar-refractivity contribution in [3.8, 4) is 29.2 Å². The minimum Gasteiger partial charge on any atom is -0.470 e. The van der Waals surface area contributed by atoms with Crippen LogP contribution in [0.3, 0.4) is 0 Å². The average Bonchev–Trinajstić information content (AvgIpc) is 3.53. The van der Waals surface area contributed by atoms with Crippen LogP contribution in [-0.2, 0) is 0 Å². The first-order chi connectivity index (χ1) is 19.9. The molecule has 0 radical (unpaired) electrons. The molecule has 0 saturated carbocycles. The van der Waals surface area contributed by atoms with Crippen LogP contribution in [0.1, 0.15) is 24.1 Å². The Morgan fingerprint density at radius 1 is 1.20 bits per heavy atom. The highest BCUT2D eigenvalue weighted by atomic mass is 32.1. The monoisotopic (exact) mass is 569 g/mol. The quantitative estimate of drug-likeness (QED) is 0.289. The van der Waals surface area contributed by atoms with Crippen molar-refractivity contribution in [1.82, 2.24) is 25.3 Å². The van der Waals surface area contributed by atoms with Gasteiger partial charge < -0.3 is 31.2 Å². The molecule has 0 amide bonds. The summed E-state index contributed by atoms with van der Waals surface area (Å²) in [4.78, 5) is 20.2. The van der Waals surface area contributed by atoms with Crippen molar-refractivity contribution >= 4 is 49.0 Å². The summed E-state index contributed by atoms with van der Waals surface area (Å²) in [7, 11) is 1.43. The summed E-state index contributed by atoms with van der Waals surface area (Å²) < 4.78 is 29.4. The van der Waals surface area contributed by atoms with Crippen LogP contribution in [0.5, 0.6) is 11.9 Å². The first kappa shape index (κ1) is 25.2. The number of pyridine rings is 2. The van der Waals surface area contributed by atoms with Crippen LogP contribution in [0.25, 0.3) is 32.2 Å². The van der Waals surface area contributed by atoms with E-state index in [2.05, 4.69) is 26.3 Å². The summed E-state index contributed by atoms with van der Waals surface area (Å²) in [6, 6.07) is 10.7. The van der Waals surface area contributed by atoms with Gasteiger partial charge in [0.05, 0.1) is 24.8 Å². The molecule has 1 aromatic carbocycles. The van der Waals surface area contributed by atoms with Crippen LogP contribution >= 0.6 is 11.3 Å². The Kier molecular flexibility index (Phi) is 5.77. The molecule has 0 spiro atoms. The summed E-state index contributed by atoms with van der Waals surface area (Å²) in [6.07, 6.45) is 1.30. The van der Waals surface area contributed by atoms with Gasteiger partial charge in [-0.15, -0.1) is 11.3 Å². The second-order valence-electron chi connectivity index (χ2n) is 9.91. The number of methoxy groups -OCH3 is 1. The molecule has 3 atom stereocenters. The highest BCUT2D eigenvalue weighted by Gasteiger charge is 2.43. The number of rotatable bonds is 4. The number of nitrogen functional groups attached to an aromatic ring is 2. The van der Waals surface area contributed by atoms with E-state index in [1.165, 1.54) is 18.4 Å². The van der Waals surface area contributed by atoms with E-state index >= 15 is 4.39 Å². The van der Waals surface area contributed by atoms with E-state index in [4.69, 9.17) is 30.9 Å². The maximum atomic E-state index is 16.7. The molecule has 2 aliphatic heterocycles. The molecule has 206 valence electrons. The maximum Gasteiger partial charge on any atom is 0.318 e. The lowest BCUT2D eigenvalue weighted by Gasteiger charge is -2.36. The number of anilines is 3. The zero-order chi connectivity index (χ0) is 28.4. The van der Waals surface area contributed by atoms with Crippen LogP contribution in [0.4, 0.5) is 21.0 Å². The smallest absolute Gasteiger partial charge is 0.318 e. The lowest BCUT2D eigenvalue weighted by atomic mass is 10.0. The van der Waals surface area contributed by atoms with E-state index in [0.29, 0.717) is 46.1 Å². The van der Waals surface area contributed by atoms with E-state index in [9.17, 15) is 5.26 Å². The number of thiophene rings is 1. The van der Waals surface area contributed by atoms with Crippen molar-refractivity contribution in [1.29, 1.82) is 5.26 Å². The number of hydrogen-bond donors (Lipinski definition) is 3. The Hall–Kier alpha value is -4.80. The predicted molar refractivity (Wildman–Crippen MR) is 154 cm³/mol. The summed E-state index contributed by atoms with van der Waals surface area (Å²) in [5, 5.41) is 14.5. The minimum absolute atomic E-state index is 0.000360. The molecular formula is C28H24FN9O2S. The van der Waals surface area contributed by atoms with Crippen LogP contribution in [0.2, 0.25) is 0 Å². The van der Waals surface area contributed by atoms with E-state index < -0.39 is 5.82 Å². The minimum atomic E-state index is -0.686. The van der Waals surface area contributed by atoms with Crippen LogP contribution < -0.4 is 31.2 Å². The lowest BCUT2D eigenvalue weighted by molar-refractivity contribution is 0.195. The molecule has 0 bridgehead atoms. The Morgan fingerprint density at radius 3 is 2.83 bits per heavy atom. The fourth-order valence-electron chi connectivity index (χ4n) is 5.86. The number of benzene rings is 1. The standard InChI is InChI=1S/C28H24FN9O2S/c1-12(13-6-4-8-34-24(13)31)38-16-10-33-11-17(16)40-27-20-23(36-28(39-2)37-26(20)38)21(29)22(35-27)14-5-3-7-18-19(14)15(9-30)25(32)41-18/h3-8,12,16-17,33H,10-11,32H2,1-2H3,(H2,31,34). The van der Waals surface area contributed by atoms with Crippen molar-refractivity contribution in [3.63, 3.8) is 0 Å². The zero-order valence-corrected chi connectivity index (χ0v) is 22.9. The Balaban J connectivity index is 1.54. The average molecular weight is 570 g/mol. The Bertz CT molecular complexity index is 1910. The predicted octanol–water partition coefficient (Wildman–Crippen LogP) is 3.79. The van der Waals surface area contributed by atoms with E-state index in [1.807, 2.05) is 25.1 Å². The lowest BCUT2D eigenvalue weighted by Crippen LogP contribution is -2.46. The van der Waals surface area contributed by atoms with Crippen molar-refractivity contribution < 1.29 is 13.9 Å². The first-order valence-corrected chi connectivity index (χ1v) is 13.8. The topological polar surface area (TPSA) is 161 Å². The maximum absolute atomic E-state index is 16.7. The summed E-state index contributed by atoms with van der Waals surface area (Å²) >= 11 is 1.27. The first-order valence-electron chi connectivity index (χ1n) is 12.9.